The number of aldehydes is 1. The molecule has 1 aromatic heterocycles. The number of aryl methyl sites for hydroxylation is 1. The molecule has 15 heavy (non-hydrogen) atoms. The quantitative estimate of drug-likeness (QED) is 0.735. The van der Waals surface area contributed by atoms with Gasteiger partial charge in [0.05, 0.1) is 10.7 Å². The van der Waals surface area contributed by atoms with Crippen molar-refractivity contribution in [3.05, 3.63) is 16.1 Å². The van der Waals surface area contributed by atoms with Crippen molar-refractivity contribution in [3.8, 4) is 0 Å². The van der Waals surface area contributed by atoms with Crippen molar-refractivity contribution in [1.82, 2.24) is 9.88 Å². The summed E-state index contributed by atoms with van der Waals surface area (Å²) >= 11 is 1.70. The Balaban J connectivity index is 1.84. The van der Waals surface area contributed by atoms with Crippen molar-refractivity contribution in [2.24, 2.45) is 5.92 Å². The van der Waals surface area contributed by atoms with Crippen molar-refractivity contribution in [3.63, 3.8) is 0 Å². The molecule has 1 aliphatic rings. The van der Waals surface area contributed by atoms with Crippen LogP contribution in [0.25, 0.3) is 0 Å². The summed E-state index contributed by atoms with van der Waals surface area (Å²) in [5.74, 6) is 0.290. The molecule has 0 spiro atoms. The van der Waals surface area contributed by atoms with Crippen molar-refractivity contribution in [2.45, 2.75) is 26.3 Å². The van der Waals surface area contributed by atoms with Crippen LogP contribution in [0, 0.1) is 12.8 Å². The second-order valence-electron chi connectivity index (χ2n) is 4.11. The molecule has 0 saturated carbocycles. The Kier molecular flexibility index (Phi) is 3.49. The monoisotopic (exact) mass is 224 g/mol. The lowest BCUT2D eigenvalue weighted by Crippen LogP contribution is -2.33. The predicted molar refractivity (Wildman–Crippen MR) is 60.9 cm³/mol. The van der Waals surface area contributed by atoms with Crippen molar-refractivity contribution < 1.29 is 4.79 Å². The lowest BCUT2D eigenvalue weighted by atomic mass is 9.99. The highest BCUT2D eigenvalue weighted by Gasteiger charge is 2.18. The highest BCUT2D eigenvalue weighted by Crippen LogP contribution is 2.18. The Labute approximate surface area is 94.1 Å². The van der Waals surface area contributed by atoms with Gasteiger partial charge in [0, 0.05) is 17.8 Å². The number of nitrogens with zero attached hydrogens (tertiary/aromatic N) is 2. The van der Waals surface area contributed by atoms with E-state index in [1.165, 1.54) is 5.69 Å². The first-order chi connectivity index (χ1) is 7.28. The van der Waals surface area contributed by atoms with Crippen LogP contribution in [0.2, 0.25) is 0 Å². The van der Waals surface area contributed by atoms with Gasteiger partial charge in [0.25, 0.3) is 0 Å². The largest absolute Gasteiger partial charge is 0.303 e. The fourth-order valence-electron chi connectivity index (χ4n) is 1.96. The van der Waals surface area contributed by atoms with Crippen LogP contribution in [0.15, 0.2) is 5.38 Å². The molecule has 4 heteroatoms. The molecule has 2 heterocycles. The van der Waals surface area contributed by atoms with Crippen LogP contribution in [0.5, 0.6) is 0 Å². The topological polar surface area (TPSA) is 33.2 Å². The van der Waals surface area contributed by atoms with Crippen LogP contribution in [0.3, 0.4) is 0 Å². The summed E-state index contributed by atoms with van der Waals surface area (Å²) in [4.78, 5) is 17.4. The third-order valence-electron chi connectivity index (χ3n) is 2.88. The number of aromatic nitrogens is 1. The van der Waals surface area contributed by atoms with Gasteiger partial charge in [0.2, 0.25) is 0 Å². The molecule has 0 amide bonds. The summed E-state index contributed by atoms with van der Waals surface area (Å²) in [5.41, 5.74) is 1.17. The van der Waals surface area contributed by atoms with Crippen LogP contribution in [-0.4, -0.2) is 29.3 Å². The van der Waals surface area contributed by atoms with Crippen LogP contribution in [-0.2, 0) is 11.3 Å². The van der Waals surface area contributed by atoms with E-state index >= 15 is 0 Å². The third-order valence-corrected chi connectivity index (χ3v) is 3.70. The van der Waals surface area contributed by atoms with E-state index in [0.717, 1.165) is 43.8 Å². The molecule has 1 saturated heterocycles. The zero-order valence-corrected chi connectivity index (χ0v) is 9.80. The zero-order valence-electron chi connectivity index (χ0n) is 8.98. The number of rotatable bonds is 3. The Morgan fingerprint density at radius 3 is 2.87 bits per heavy atom. The Morgan fingerprint density at radius 1 is 1.60 bits per heavy atom. The number of carbonyl (C=O) groups is 1. The molecule has 0 aromatic carbocycles. The second-order valence-corrected chi connectivity index (χ2v) is 5.17. The van der Waals surface area contributed by atoms with E-state index in [1.807, 2.05) is 6.92 Å². The molecular weight excluding hydrogens is 208 g/mol. The fraction of sp³-hybridized carbons (Fsp3) is 0.636. The van der Waals surface area contributed by atoms with Gasteiger partial charge in [-0.05, 0) is 32.9 Å². The molecule has 0 radical (unpaired) electrons. The van der Waals surface area contributed by atoms with Gasteiger partial charge in [0.15, 0.2) is 0 Å². The van der Waals surface area contributed by atoms with Gasteiger partial charge >= 0.3 is 0 Å². The number of piperidine rings is 1. The van der Waals surface area contributed by atoms with E-state index < -0.39 is 0 Å². The van der Waals surface area contributed by atoms with Gasteiger partial charge in [-0.15, -0.1) is 11.3 Å². The molecular formula is C11H16N2OS. The molecule has 0 atom stereocenters. The van der Waals surface area contributed by atoms with Crippen molar-refractivity contribution >= 4 is 17.6 Å². The molecule has 1 aliphatic heterocycles. The summed E-state index contributed by atoms with van der Waals surface area (Å²) in [5, 5.41) is 3.26. The van der Waals surface area contributed by atoms with Crippen LogP contribution < -0.4 is 0 Å². The van der Waals surface area contributed by atoms with Gasteiger partial charge in [-0.3, -0.25) is 4.90 Å². The van der Waals surface area contributed by atoms with Crippen molar-refractivity contribution in [1.29, 1.82) is 0 Å². The predicted octanol–water partition coefficient (Wildman–Crippen LogP) is 1.86. The molecule has 0 aliphatic carbocycles. The van der Waals surface area contributed by atoms with E-state index in [1.54, 1.807) is 11.3 Å². The van der Waals surface area contributed by atoms with Crippen molar-refractivity contribution in [2.75, 3.05) is 13.1 Å². The first-order valence-electron chi connectivity index (χ1n) is 5.36. The van der Waals surface area contributed by atoms with Crippen LogP contribution >= 0.6 is 11.3 Å². The lowest BCUT2D eigenvalue weighted by molar-refractivity contribution is -0.112. The van der Waals surface area contributed by atoms with Gasteiger partial charge in [0.1, 0.15) is 6.29 Å². The maximum absolute atomic E-state index is 10.6. The number of hydrogen-bond acceptors (Lipinski definition) is 4. The average molecular weight is 224 g/mol. The maximum Gasteiger partial charge on any atom is 0.123 e. The summed E-state index contributed by atoms with van der Waals surface area (Å²) in [6.07, 6.45) is 3.11. The van der Waals surface area contributed by atoms with Gasteiger partial charge in [-0.1, -0.05) is 0 Å². The smallest absolute Gasteiger partial charge is 0.123 e. The van der Waals surface area contributed by atoms with E-state index in [2.05, 4.69) is 15.3 Å². The average Bonchev–Trinajstić information content (AvgIpc) is 2.65. The standard InChI is InChI=1S/C11H16N2OS/c1-9-12-11(8-15-9)6-13-4-2-10(7-14)3-5-13/h7-8,10H,2-6H2,1H3. The molecule has 3 nitrogen and oxygen atoms in total. The number of carbonyl (C=O) groups excluding carboxylic acids is 1. The highest BCUT2D eigenvalue weighted by atomic mass is 32.1. The number of hydrogen-bond donors (Lipinski definition) is 0. The molecule has 0 bridgehead atoms. The molecule has 1 fully saturated rings. The van der Waals surface area contributed by atoms with E-state index in [-0.39, 0.29) is 0 Å². The van der Waals surface area contributed by atoms with E-state index in [4.69, 9.17) is 0 Å². The molecule has 82 valence electrons. The first kappa shape index (κ1) is 10.8. The van der Waals surface area contributed by atoms with Crippen LogP contribution in [0.1, 0.15) is 23.5 Å². The highest BCUT2D eigenvalue weighted by molar-refractivity contribution is 7.09. The van der Waals surface area contributed by atoms with Gasteiger partial charge in [-0.2, -0.15) is 0 Å². The third kappa shape index (κ3) is 2.86. The first-order valence-corrected chi connectivity index (χ1v) is 6.24. The SMILES string of the molecule is Cc1nc(CN2CCC(C=O)CC2)cs1. The van der Waals surface area contributed by atoms with Gasteiger partial charge in [-0.25, -0.2) is 4.98 Å². The minimum absolute atomic E-state index is 0.290. The minimum Gasteiger partial charge on any atom is -0.303 e. The molecule has 2 rings (SSSR count). The van der Waals surface area contributed by atoms with E-state index in [9.17, 15) is 4.79 Å². The maximum atomic E-state index is 10.6. The Morgan fingerprint density at radius 2 is 2.33 bits per heavy atom. The zero-order chi connectivity index (χ0) is 10.7. The fourth-order valence-corrected chi connectivity index (χ4v) is 2.56. The minimum atomic E-state index is 0.290. The van der Waals surface area contributed by atoms with Crippen LogP contribution in [0.4, 0.5) is 0 Å². The summed E-state index contributed by atoms with van der Waals surface area (Å²) < 4.78 is 0. The normalized spacial score (nSPS) is 19.3. The summed E-state index contributed by atoms with van der Waals surface area (Å²) in [6, 6.07) is 0. The van der Waals surface area contributed by atoms with Gasteiger partial charge < -0.3 is 4.79 Å². The molecule has 0 N–H and O–H groups in total. The summed E-state index contributed by atoms with van der Waals surface area (Å²) in [7, 11) is 0. The Hall–Kier alpha value is -0.740. The lowest BCUT2D eigenvalue weighted by Gasteiger charge is -2.28. The summed E-state index contributed by atoms with van der Waals surface area (Å²) in [6.45, 7) is 5.03. The molecule has 0 unspecified atom stereocenters. The Bertz CT molecular complexity index is 329. The number of likely N-dealkylation sites (tertiary alicyclic amines) is 1. The van der Waals surface area contributed by atoms with E-state index in [0.29, 0.717) is 5.92 Å². The second kappa shape index (κ2) is 4.86. The molecule has 1 aromatic rings. The number of thiazole rings is 1.